The average Bonchev–Trinajstić information content (AvgIpc) is 3.32. The van der Waals surface area contributed by atoms with E-state index < -0.39 is 0 Å². The van der Waals surface area contributed by atoms with Gasteiger partial charge < -0.3 is 15.7 Å². The molecule has 0 atom stereocenters. The first-order valence-corrected chi connectivity index (χ1v) is 12.0. The van der Waals surface area contributed by atoms with Crippen LogP contribution in [0.25, 0.3) is 22.0 Å². The van der Waals surface area contributed by atoms with Gasteiger partial charge in [0.05, 0.1) is 12.1 Å². The molecular formula is C28H28FN5O2. The second-order valence-electron chi connectivity index (χ2n) is 8.99. The summed E-state index contributed by atoms with van der Waals surface area (Å²) in [4.78, 5) is 26.1. The van der Waals surface area contributed by atoms with Crippen LogP contribution in [0.4, 0.5) is 10.3 Å². The van der Waals surface area contributed by atoms with Crippen molar-refractivity contribution in [3.63, 3.8) is 0 Å². The standard InChI is InChI=1S/C28H28FN5O2/c1-2-33(11-12-35)15-21-7-9-22(29)14-23(21)18-8-10-25-24(13-18)26(32-28(30)31-25)27(36)34-16-19-5-3-4-6-20(19)17-34/h3-10,13-14,35H,2,11-12,15-17H2,1H3,(H2,30,31,32). The van der Waals surface area contributed by atoms with Gasteiger partial charge in [-0.25, -0.2) is 14.4 Å². The van der Waals surface area contributed by atoms with Gasteiger partial charge in [-0.05, 0) is 58.6 Å². The highest BCUT2D eigenvalue weighted by Crippen LogP contribution is 2.31. The molecular weight excluding hydrogens is 457 g/mol. The fraction of sp³-hybridized carbons (Fsp3) is 0.250. The second-order valence-corrected chi connectivity index (χ2v) is 8.99. The van der Waals surface area contributed by atoms with Crippen LogP contribution in [-0.2, 0) is 19.6 Å². The molecule has 1 aromatic heterocycles. The van der Waals surface area contributed by atoms with Gasteiger partial charge in [0.1, 0.15) is 11.5 Å². The number of benzene rings is 3. The predicted molar refractivity (Wildman–Crippen MR) is 137 cm³/mol. The highest BCUT2D eigenvalue weighted by molar-refractivity contribution is 6.06. The summed E-state index contributed by atoms with van der Waals surface area (Å²) < 4.78 is 14.4. The third-order valence-electron chi connectivity index (χ3n) is 6.68. The van der Waals surface area contributed by atoms with Crippen molar-refractivity contribution >= 4 is 22.8 Å². The number of carbonyl (C=O) groups excluding carboxylic acids is 1. The smallest absolute Gasteiger partial charge is 0.273 e. The van der Waals surface area contributed by atoms with Crippen molar-refractivity contribution < 1.29 is 14.3 Å². The Morgan fingerprint density at radius 3 is 2.53 bits per heavy atom. The van der Waals surface area contributed by atoms with Gasteiger partial charge in [-0.15, -0.1) is 0 Å². The second kappa shape index (κ2) is 10.0. The fourth-order valence-corrected chi connectivity index (χ4v) is 4.79. The van der Waals surface area contributed by atoms with Gasteiger partial charge >= 0.3 is 0 Å². The molecule has 1 aliphatic heterocycles. The van der Waals surface area contributed by atoms with Gasteiger partial charge in [0, 0.05) is 31.6 Å². The highest BCUT2D eigenvalue weighted by Gasteiger charge is 2.27. The highest BCUT2D eigenvalue weighted by atomic mass is 19.1. The van der Waals surface area contributed by atoms with E-state index in [0.29, 0.717) is 37.1 Å². The molecule has 0 radical (unpaired) electrons. The number of aliphatic hydroxyl groups is 1. The maximum absolute atomic E-state index is 14.4. The number of hydrogen-bond donors (Lipinski definition) is 2. The van der Waals surface area contributed by atoms with E-state index in [1.165, 1.54) is 12.1 Å². The summed E-state index contributed by atoms with van der Waals surface area (Å²) >= 11 is 0. The van der Waals surface area contributed by atoms with Gasteiger partial charge in [0.25, 0.3) is 5.91 Å². The Hall–Kier alpha value is -3.88. The van der Waals surface area contributed by atoms with Crippen LogP contribution in [0.5, 0.6) is 0 Å². The van der Waals surface area contributed by atoms with Gasteiger partial charge in [-0.2, -0.15) is 0 Å². The van der Waals surface area contributed by atoms with Crippen LogP contribution in [0.1, 0.15) is 34.1 Å². The number of carbonyl (C=O) groups is 1. The van der Waals surface area contributed by atoms with Crippen LogP contribution in [-0.4, -0.2) is 50.5 Å². The minimum absolute atomic E-state index is 0.0318. The van der Waals surface area contributed by atoms with E-state index in [1.54, 1.807) is 17.0 Å². The number of amides is 1. The molecule has 7 nitrogen and oxygen atoms in total. The molecule has 0 spiro atoms. The molecule has 3 aromatic carbocycles. The van der Waals surface area contributed by atoms with Crippen molar-refractivity contribution in [2.45, 2.75) is 26.6 Å². The maximum Gasteiger partial charge on any atom is 0.273 e. The van der Waals surface area contributed by atoms with E-state index >= 15 is 0 Å². The number of fused-ring (bicyclic) bond motifs is 2. The van der Waals surface area contributed by atoms with Crippen LogP contribution in [0, 0.1) is 5.82 Å². The Morgan fingerprint density at radius 2 is 1.83 bits per heavy atom. The first kappa shape index (κ1) is 23.8. The van der Waals surface area contributed by atoms with E-state index in [1.807, 2.05) is 43.3 Å². The number of rotatable bonds is 7. The maximum atomic E-state index is 14.4. The molecule has 0 unspecified atom stereocenters. The monoisotopic (exact) mass is 485 g/mol. The Labute approximate surface area is 209 Å². The van der Waals surface area contributed by atoms with Crippen molar-refractivity contribution in [2.24, 2.45) is 0 Å². The van der Waals surface area contributed by atoms with Gasteiger partial charge in [0.2, 0.25) is 5.95 Å². The van der Waals surface area contributed by atoms with Crippen molar-refractivity contribution in [3.05, 3.63) is 88.9 Å². The SMILES string of the molecule is CCN(CCO)Cc1ccc(F)cc1-c1ccc2nc(N)nc(C(=O)N3Cc4ccccc4C3)c2c1. The summed E-state index contributed by atoms with van der Waals surface area (Å²) in [6.07, 6.45) is 0. The Balaban J connectivity index is 1.56. The number of likely N-dealkylation sites (N-methyl/N-ethyl adjacent to an activating group) is 1. The summed E-state index contributed by atoms with van der Waals surface area (Å²) in [6.45, 7) is 4.91. The molecule has 184 valence electrons. The lowest BCUT2D eigenvalue weighted by atomic mass is 9.97. The molecule has 4 aromatic rings. The molecule has 2 heterocycles. The molecule has 0 bridgehead atoms. The number of nitrogen functional groups attached to an aromatic ring is 1. The topological polar surface area (TPSA) is 95.6 Å². The molecule has 0 saturated heterocycles. The van der Waals surface area contributed by atoms with Crippen molar-refractivity contribution in [1.29, 1.82) is 0 Å². The van der Waals surface area contributed by atoms with E-state index in [-0.39, 0.29) is 30.0 Å². The summed E-state index contributed by atoms with van der Waals surface area (Å²) in [5, 5.41) is 9.96. The van der Waals surface area contributed by atoms with Gasteiger partial charge in [-0.3, -0.25) is 9.69 Å². The molecule has 8 heteroatoms. The Morgan fingerprint density at radius 1 is 1.08 bits per heavy atom. The molecule has 0 aliphatic carbocycles. The average molecular weight is 486 g/mol. The van der Waals surface area contributed by atoms with E-state index in [4.69, 9.17) is 5.73 Å². The van der Waals surface area contributed by atoms with Crippen molar-refractivity contribution in [3.8, 4) is 11.1 Å². The molecule has 5 rings (SSSR count). The number of aromatic nitrogens is 2. The molecule has 36 heavy (non-hydrogen) atoms. The van der Waals surface area contributed by atoms with E-state index in [0.717, 1.165) is 34.4 Å². The molecule has 1 aliphatic rings. The zero-order chi connectivity index (χ0) is 25.2. The first-order chi connectivity index (χ1) is 17.5. The van der Waals surface area contributed by atoms with Gasteiger partial charge in [-0.1, -0.05) is 43.3 Å². The van der Waals surface area contributed by atoms with E-state index in [2.05, 4.69) is 14.9 Å². The van der Waals surface area contributed by atoms with Crippen molar-refractivity contribution in [1.82, 2.24) is 19.8 Å². The number of nitrogens with two attached hydrogens (primary N) is 1. The van der Waals surface area contributed by atoms with Crippen LogP contribution in [0.3, 0.4) is 0 Å². The third kappa shape index (κ3) is 4.65. The number of hydrogen-bond acceptors (Lipinski definition) is 6. The zero-order valence-corrected chi connectivity index (χ0v) is 20.1. The molecule has 3 N–H and O–H groups in total. The first-order valence-electron chi connectivity index (χ1n) is 12.0. The largest absolute Gasteiger partial charge is 0.395 e. The predicted octanol–water partition coefficient (Wildman–Crippen LogP) is 3.99. The summed E-state index contributed by atoms with van der Waals surface area (Å²) in [7, 11) is 0. The number of anilines is 1. The van der Waals surface area contributed by atoms with E-state index in [9.17, 15) is 14.3 Å². The lowest BCUT2D eigenvalue weighted by Crippen LogP contribution is -2.27. The van der Waals surface area contributed by atoms with Crippen molar-refractivity contribution in [2.75, 3.05) is 25.4 Å². The summed E-state index contributed by atoms with van der Waals surface area (Å²) in [6, 6.07) is 18.2. The normalized spacial score (nSPS) is 12.9. The number of aliphatic hydroxyl groups excluding tert-OH is 1. The molecule has 0 fully saturated rings. The lowest BCUT2D eigenvalue weighted by molar-refractivity contribution is 0.0747. The third-order valence-corrected chi connectivity index (χ3v) is 6.68. The Bertz CT molecular complexity index is 1420. The summed E-state index contributed by atoms with van der Waals surface area (Å²) in [5.74, 6) is -0.537. The summed E-state index contributed by atoms with van der Waals surface area (Å²) in [5.41, 5.74) is 11.4. The minimum Gasteiger partial charge on any atom is -0.395 e. The van der Waals surface area contributed by atoms with Crippen LogP contribution >= 0.6 is 0 Å². The zero-order valence-electron chi connectivity index (χ0n) is 20.1. The fourth-order valence-electron chi connectivity index (χ4n) is 4.79. The quantitative estimate of drug-likeness (QED) is 0.411. The minimum atomic E-state index is -0.348. The van der Waals surface area contributed by atoms with Crippen LogP contribution < -0.4 is 5.73 Å². The number of halogens is 1. The lowest BCUT2D eigenvalue weighted by Gasteiger charge is -2.21. The molecule has 1 amide bonds. The van der Waals surface area contributed by atoms with Crippen LogP contribution in [0.15, 0.2) is 60.7 Å². The van der Waals surface area contributed by atoms with Crippen LogP contribution in [0.2, 0.25) is 0 Å². The Kier molecular flexibility index (Phi) is 6.63. The number of nitrogens with zero attached hydrogens (tertiary/aromatic N) is 4. The molecule has 0 saturated carbocycles. The van der Waals surface area contributed by atoms with Gasteiger partial charge in [0.15, 0.2) is 0 Å².